The second kappa shape index (κ2) is 7.26. The molecule has 1 fully saturated rings. The zero-order valence-corrected chi connectivity index (χ0v) is 11.7. The van der Waals surface area contributed by atoms with Crippen molar-refractivity contribution in [2.75, 3.05) is 13.1 Å². The van der Waals surface area contributed by atoms with Crippen molar-refractivity contribution in [3.8, 4) is 0 Å². The van der Waals surface area contributed by atoms with Crippen molar-refractivity contribution < 1.29 is 18.9 Å². The number of rotatable bonds is 5. The van der Waals surface area contributed by atoms with Crippen LogP contribution in [-0.2, 0) is 4.79 Å². The SMILES string of the molecule is N=CC[C@H](NC(=O)C1CC[NH2+]CC1)c1cc(F)ccc1F. The summed E-state index contributed by atoms with van der Waals surface area (Å²) in [5.41, 5.74) is 0.0919. The van der Waals surface area contributed by atoms with Gasteiger partial charge in [0.15, 0.2) is 0 Å². The molecule has 2 rings (SSSR count). The van der Waals surface area contributed by atoms with E-state index in [1.54, 1.807) is 0 Å². The second-order valence-corrected chi connectivity index (χ2v) is 5.31. The molecule has 0 saturated carbocycles. The first-order valence-corrected chi connectivity index (χ1v) is 7.17. The molecule has 0 radical (unpaired) electrons. The van der Waals surface area contributed by atoms with Gasteiger partial charge in [-0.05, 0) is 24.4 Å². The lowest BCUT2D eigenvalue weighted by atomic mass is 9.95. The molecule has 0 bridgehead atoms. The smallest absolute Gasteiger partial charge is 0.224 e. The van der Waals surface area contributed by atoms with Crippen molar-refractivity contribution in [3.05, 3.63) is 35.4 Å². The van der Waals surface area contributed by atoms with Crippen LogP contribution < -0.4 is 10.6 Å². The molecule has 1 atom stereocenters. The minimum Gasteiger partial charge on any atom is -0.349 e. The van der Waals surface area contributed by atoms with Gasteiger partial charge in [0.2, 0.25) is 5.91 Å². The van der Waals surface area contributed by atoms with Crippen molar-refractivity contribution in [2.45, 2.75) is 25.3 Å². The van der Waals surface area contributed by atoms with Crippen LogP contribution in [0.25, 0.3) is 0 Å². The van der Waals surface area contributed by atoms with Gasteiger partial charge in [-0.25, -0.2) is 8.78 Å². The maximum atomic E-state index is 13.8. The largest absolute Gasteiger partial charge is 0.349 e. The minimum absolute atomic E-state index is 0.0835. The molecule has 1 amide bonds. The molecule has 21 heavy (non-hydrogen) atoms. The summed E-state index contributed by atoms with van der Waals surface area (Å²) < 4.78 is 27.1. The zero-order chi connectivity index (χ0) is 15.2. The predicted molar refractivity (Wildman–Crippen MR) is 75.0 cm³/mol. The van der Waals surface area contributed by atoms with Gasteiger partial charge in [0, 0.05) is 30.7 Å². The maximum absolute atomic E-state index is 13.8. The van der Waals surface area contributed by atoms with Gasteiger partial charge in [-0.1, -0.05) is 0 Å². The summed E-state index contributed by atoms with van der Waals surface area (Å²) in [7, 11) is 0. The highest BCUT2D eigenvalue weighted by Gasteiger charge is 2.26. The van der Waals surface area contributed by atoms with Gasteiger partial charge in [0.05, 0.1) is 19.1 Å². The average molecular weight is 296 g/mol. The van der Waals surface area contributed by atoms with E-state index in [9.17, 15) is 13.6 Å². The summed E-state index contributed by atoms with van der Waals surface area (Å²) in [6.45, 7) is 1.81. The molecule has 0 spiro atoms. The molecule has 1 aromatic rings. The van der Waals surface area contributed by atoms with Gasteiger partial charge in [-0.3, -0.25) is 4.79 Å². The van der Waals surface area contributed by atoms with Gasteiger partial charge in [0.25, 0.3) is 0 Å². The molecule has 6 heteroatoms. The van der Waals surface area contributed by atoms with E-state index < -0.39 is 17.7 Å². The van der Waals surface area contributed by atoms with E-state index in [1.807, 2.05) is 0 Å². The number of amides is 1. The fraction of sp³-hybridized carbons (Fsp3) is 0.467. The van der Waals surface area contributed by atoms with Crippen molar-refractivity contribution in [2.24, 2.45) is 5.92 Å². The fourth-order valence-corrected chi connectivity index (χ4v) is 2.64. The number of carbonyl (C=O) groups is 1. The Hall–Kier alpha value is -1.82. The number of halogens is 2. The molecule has 114 valence electrons. The third-order valence-electron chi connectivity index (χ3n) is 3.81. The number of hydrogen-bond acceptors (Lipinski definition) is 2. The lowest BCUT2D eigenvalue weighted by molar-refractivity contribution is -0.664. The maximum Gasteiger partial charge on any atom is 0.224 e. The van der Waals surface area contributed by atoms with E-state index in [2.05, 4.69) is 10.6 Å². The quantitative estimate of drug-likeness (QED) is 0.701. The molecule has 0 aromatic heterocycles. The lowest BCUT2D eigenvalue weighted by Crippen LogP contribution is -2.86. The van der Waals surface area contributed by atoms with Crippen LogP contribution in [0, 0.1) is 23.0 Å². The number of benzene rings is 1. The monoisotopic (exact) mass is 296 g/mol. The van der Waals surface area contributed by atoms with E-state index in [-0.39, 0.29) is 23.8 Å². The Morgan fingerprint density at radius 1 is 1.43 bits per heavy atom. The van der Waals surface area contributed by atoms with E-state index in [0.717, 1.165) is 50.3 Å². The van der Waals surface area contributed by atoms with Gasteiger partial charge >= 0.3 is 0 Å². The molecule has 1 saturated heterocycles. The van der Waals surface area contributed by atoms with Gasteiger partial charge < -0.3 is 16.0 Å². The van der Waals surface area contributed by atoms with Crippen molar-refractivity contribution in [1.82, 2.24) is 5.32 Å². The molecule has 1 aliphatic heterocycles. The van der Waals surface area contributed by atoms with Crippen LogP contribution in [0.2, 0.25) is 0 Å². The molecule has 0 unspecified atom stereocenters. The molecule has 0 aliphatic carbocycles. The van der Waals surface area contributed by atoms with Gasteiger partial charge in [-0.15, -0.1) is 0 Å². The zero-order valence-electron chi connectivity index (χ0n) is 11.7. The highest BCUT2D eigenvalue weighted by Crippen LogP contribution is 2.22. The predicted octanol–water partition coefficient (Wildman–Crippen LogP) is 1.14. The molecule has 4 nitrogen and oxygen atoms in total. The first-order chi connectivity index (χ1) is 10.1. The number of nitrogens with one attached hydrogen (secondary N) is 2. The summed E-state index contributed by atoms with van der Waals surface area (Å²) >= 11 is 0. The van der Waals surface area contributed by atoms with Crippen molar-refractivity contribution in [1.29, 1.82) is 5.41 Å². The summed E-state index contributed by atoms with van der Waals surface area (Å²) in [6, 6.07) is 2.47. The Kier molecular flexibility index (Phi) is 5.38. The van der Waals surface area contributed by atoms with Crippen molar-refractivity contribution in [3.63, 3.8) is 0 Å². The Labute approximate surface area is 122 Å². The number of piperidine rings is 1. The topological polar surface area (TPSA) is 69.6 Å². The van der Waals surface area contributed by atoms with Crippen LogP contribution in [0.1, 0.15) is 30.9 Å². The van der Waals surface area contributed by atoms with Crippen molar-refractivity contribution >= 4 is 12.1 Å². The molecular weight excluding hydrogens is 276 g/mol. The van der Waals surface area contributed by atoms with E-state index in [0.29, 0.717) is 0 Å². The number of hydrogen-bond donors (Lipinski definition) is 3. The van der Waals surface area contributed by atoms with E-state index >= 15 is 0 Å². The van der Waals surface area contributed by atoms with Crippen LogP contribution in [0.4, 0.5) is 8.78 Å². The second-order valence-electron chi connectivity index (χ2n) is 5.31. The van der Waals surface area contributed by atoms with Gasteiger partial charge in [0.1, 0.15) is 11.6 Å². The Balaban J connectivity index is 2.12. The third-order valence-corrected chi connectivity index (χ3v) is 3.81. The standard InChI is InChI=1S/C15H19F2N3O/c16-11-1-2-13(17)12(9-11)14(3-6-18)20-15(21)10-4-7-19-8-5-10/h1-2,6,9-10,14,18-19H,3-5,7-8H2,(H,20,21)/p+1/t14-/m0/s1. The highest BCUT2D eigenvalue weighted by atomic mass is 19.1. The number of quaternary nitrogens is 1. The lowest BCUT2D eigenvalue weighted by Gasteiger charge is -2.24. The van der Waals surface area contributed by atoms with Crippen LogP contribution >= 0.6 is 0 Å². The Morgan fingerprint density at radius 2 is 2.14 bits per heavy atom. The molecular formula is C15H20F2N3O+. The molecule has 1 heterocycles. The molecule has 4 N–H and O–H groups in total. The Morgan fingerprint density at radius 3 is 2.81 bits per heavy atom. The number of carbonyl (C=O) groups excluding carboxylic acids is 1. The van der Waals surface area contributed by atoms with Gasteiger partial charge in [-0.2, -0.15) is 0 Å². The average Bonchev–Trinajstić information content (AvgIpc) is 2.50. The molecule has 1 aromatic carbocycles. The summed E-state index contributed by atoms with van der Waals surface area (Å²) in [5.74, 6) is -1.35. The highest BCUT2D eigenvalue weighted by molar-refractivity contribution is 5.79. The van der Waals surface area contributed by atoms with E-state index in [1.165, 1.54) is 0 Å². The van der Waals surface area contributed by atoms with Crippen LogP contribution in [0.3, 0.4) is 0 Å². The fourth-order valence-electron chi connectivity index (χ4n) is 2.64. The first-order valence-electron chi connectivity index (χ1n) is 7.17. The third kappa shape index (κ3) is 4.07. The van der Waals surface area contributed by atoms with Crippen LogP contribution in [-0.4, -0.2) is 25.2 Å². The normalized spacial score (nSPS) is 17.2. The summed E-state index contributed by atoms with van der Waals surface area (Å²) in [5, 5.41) is 12.1. The summed E-state index contributed by atoms with van der Waals surface area (Å²) in [6.07, 6.45) is 2.82. The first kappa shape index (κ1) is 15.6. The van der Waals surface area contributed by atoms with Crippen LogP contribution in [0.15, 0.2) is 18.2 Å². The minimum atomic E-state index is -0.698. The summed E-state index contributed by atoms with van der Waals surface area (Å²) in [4.78, 5) is 12.2. The van der Waals surface area contributed by atoms with Crippen LogP contribution in [0.5, 0.6) is 0 Å². The van der Waals surface area contributed by atoms with E-state index in [4.69, 9.17) is 5.41 Å². The Bertz CT molecular complexity index is 516. The molecule has 1 aliphatic rings. The number of nitrogens with two attached hydrogens (primary N) is 1.